The van der Waals surface area contributed by atoms with Gasteiger partial charge in [-0.15, -0.1) is 11.3 Å². The number of ether oxygens (including phenoxy) is 1. The van der Waals surface area contributed by atoms with Crippen LogP contribution in [0.25, 0.3) is 10.8 Å². The average molecular weight is 494 g/mol. The maximum atomic E-state index is 14.1. The van der Waals surface area contributed by atoms with Gasteiger partial charge in [-0.2, -0.15) is 0 Å². The van der Waals surface area contributed by atoms with E-state index in [-0.39, 0.29) is 17.6 Å². The molecule has 0 atom stereocenters. The highest BCUT2D eigenvalue weighted by Crippen LogP contribution is 2.51. The second-order valence-electron chi connectivity index (χ2n) is 9.01. The van der Waals surface area contributed by atoms with E-state index in [1.54, 1.807) is 23.1 Å². The topological polar surface area (TPSA) is 93.0 Å². The van der Waals surface area contributed by atoms with Gasteiger partial charge in [0.25, 0.3) is 0 Å². The Bertz CT molecular complexity index is 1290. The molecule has 35 heavy (non-hydrogen) atoms. The number of amides is 2. The molecule has 2 aliphatic heterocycles. The number of ketones is 1. The standard InChI is InChI=1S/C26H27N3O5S/c1-16-20-22(31)26(9-13-28(14-10-26)17(2)30)25(32)29(12-8-18-6-4-5-7-19(18)33-3)24(20)35-21(16)23-27-11-15-34-23/h4-7,11,15H,8-10,12-14H2,1-3H3. The molecule has 4 heterocycles. The summed E-state index contributed by atoms with van der Waals surface area (Å²) < 4.78 is 11.0. The molecule has 0 N–H and O–H groups in total. The number of piperidine rings is 1. The largest absolute Gasteiger partial charge is 0.496 e. The van der Waals surface area contributed by atoms with Gasteiger partial charge in [0, 0.05) is 26.6 Å². The van der Waals surface area contributed by atoms with Gasteiger partial charge < -0.3 is 19.0 Å². The minimum atomic E-state index is -1.17. The van der Waals surface area contributed by atoms with Gasteiger partial charge in [-0.25, -0.2) is 4.98 Å². The molecule has 8 nitrogen and oxygen atoms in total. The summed E-state index contributed by atoms with van der Waals surface area (Å²) in [5.74, 6) is 0.823. The zero-order chi connectivity index (χ0) is 24.7. The molecule has 2 aliphatic rings. The molecule has 1 saturated heterocycles. The highest BCUT2D eigenvalue weighted by atomic mass is 32.1. The van der Waals surface area contributed by atoms with Gasteiger partial charge in [-0.3, -0.25) is 14.4 Å². The molecular weight excluding hydrogens is 466 g/mol. The van der Waals surface area contributed by atoms with E-state index in [1.807, 2.05) is 31.2 Å². The Hall–Kier alpha value is -3.46. The zero-order valence-corrected chi connectivity index (χ0v) is 20.8. The Labute approximate surface area is 207 Å². The lowest BCUT2D eigenvalue weighted by molar-refractivity contribution is -0.135. The summed E-state index contributed by atoms with van der Waals surface area (Å²) in [6, 6.07) is 7.74. The second-order valence-corrected chi connectivity index (χ2v) is 10.0. The highest BCUT2D eigenvalue weighted by Gasteiger charge is 2.55. The summed E-state index contributed by atoms with van der Waals surface area (Å²) in [6.07, 6.45) is 4.28. The van der Waals surface area contributed by atoms with Crippen molar-refractivity contribution in [3.8, 4) is 16.5 Å². The number of aromatic nitrogens is 1. The lowest BCUT2D eigenvalue weighted by Crippen LogP contribution is -2.58. The van der Waals surface area contributed by atoms with Gasteiger partial charge in [-0.1, -0.05) is 18.2 Å². The number of Topliss-reactive ketones (excluding diaryl/α,β-unsaturated/α-hetero) is 1. The predicted octanol–water partition coefficient (Wildman–Crippen LogP) is 4.12. The van der Waals surface area contributed by atoms with Crippen molar-refractivity contribution in [3.05, 3.63) is 53.4 Å². The summed E-state index contributed by atoms with van der Waals surface area (Å²) >= 11 is 1.37. The number of likely N-dealkylation sites (tertiary alicyclic amines) is 1. The normalized spacial score (nSPS) is 17.1. The molecule has 0 saturated carbocycles. The fraction of sp³-hybridized carbons (Fsp3) is 0.385. The van der Waals surface area contributed by atoms with Crippen molar-refractivity contribution in [1.82, 2.24) is 9.88 Å². The van der Waals surface area contributed by atoms with Crippen molar-refractivity contribution in [3.63, 3.8) is 0 Å². The molecular formula is C26H27N3O5S. The van der Waals surface area contributed by atoms with Crippen LogP contribution < -0.4 is 9.64 Å². The first kappa shape index (κ1) is 23.3. The minimum absolute atomic E-state index is 0.0397. The summed E-state index contributed by atoms with van der Waals surface area (Å²) in [4.78, 5) is 48.5. The van der Waals surface area contributed by atoms with Crippen molar-refractivity contribution < 1.29 is 23.5 Å². The van der Waals surface area contributed by atoms with Crippen molar-refractivity contribution in [2.45, 2.75) is 33.1 Å². The summed E-state index contributed by atoms with van der Waals surface area (Å²) in [5, 5.41) is 0.639. The van der Waals surface area contributed by atoms with E-state index in [0.29, 0.717) is 55.4 Å². The van der Waals surface area contributed by atoms with Crippen molar-refractivity contribution in [1.29, 1.82) is 0 Å². The zero-order valence-electron chi connectivity index (χ0n) is 20.0. The van der Waals surface area contributed by atoms with Crippen molar-refractivity contribution >= 4 is 33.9 Å². The van der Waals surface area contributed by atoms with Gasteiger partial charge in [0.15, 0.2) is 5.78 Å². The Balaban J connectivity index is 1.57. The predicted molar refractivity (Wildman–Crippen MR) is 132 cm³/mol. The molecule has 5 rings (SSSR count). The molecule has 9 heteroatoms. The lowest BCUT2D eigenvalue weighted by atomic mass is 9.69. The van der Waals surface area contributed by atoms with Gasteiger partial charge >= 0.3 is 0 Å². The molecule has 2 amide bonds. The van der Waals surface area contributed by atoms with E-state index in [0.717, 1.165) is 21.8 Å². The number of carbonyl (C=O) groups excluding carboxylic acids is 3. The van der Waals surface area contributed by atoms with Gasteiger partial charge in [0.05, 0.1) is 23.7 Å². The van der Waals surface area contributed by atoms with Crippen LogP contribution in [0.15, 0.2) is 41.1 Å². The summed E-state index contributed by atoms with van der Waals surface area (Å²) in [7, 11) is 1.63. The molecule has 3 aromatic rings. The van der Waals surface area contributed by atoms with E-state index < -0.39 is 5.41 Å². The number of fused-ring (bicyclic) bond motifs is 1. The molecule has 1 spiro atoms. The Morgan fingerprint density at radius 1 is 1.23 bits per heavy atom. The van der Waals surface area contributed by atoms with Crippen LogP contribution >= 0.6 is 11.3 Å². The fourth-order valence-electron chi connectivity index (χ4n) is 5.17. The Morgan fingerprint density at radius 2 is 1.97 bits per heavy atom. The first-order valence-electron chi connectivity index (χ1n) is 11.6. The molecule has 0 aliphatic carbocycles. The molecule has 0 bridgehead atoms. The number of hydrogen-bond donors (Lipinski definition) is 0. The number of benzene rings is 1. The SMILES string of the molecule is COc1ccccc1CCN1C(=O)C2(CCN(C(C)=O)CC2)C(=O)c2c1sc(-c1ncco1)c2C. The number of thiophene rings is 1. The molecule has 0 radical (unpaired) electrons. The average Bonchev–Trinajstić information content (AvgIpc) is 3.51. The van der Waals surface area contributed by atoms with E-state index >= 15 is 0 Å². The van der Waals surface area contributed by atoms with Crippen LogP contribution in [0.1, 0.15) is 41.3 Å². The van der Waals surface area contributed by atoms with Crippen LogP contribution in [0.4, 0.5) is 5.00 Å². The van der Waals surface area contributed by atoms with Crippen LogP contribution in [-0.2, 0) is 16.0 Å². The van der Waals surface area contributed by atoms with Crippen LogP contribution in [-0.4, -0.2) is 54.2 Å². The van der Waals surface area contributed by atoms with E-state index in [1.165, 1.54) is 24.5 Å². The lowest BCUT2D eigenvalue weighted by Gasteiger charge is -2.44. The summed E-state index contributed by atoms with van der Waals surface area (Å²) in [5.41, 5.74) is 1.17. The fourth-order valence-corrected chi connectivity index (χ4v) is 6.44. The highest BCUT2D eigenvalue weighted by molar-refractivity contribution is 7.20. The quantitative estimate of drug-likeness (QED) is 0.497. The third-order valence-corrected chi connectivity index (χ3v) is 8.48. The smallest absolute Gasteiger partial charge is 0.241 e. The molecule has 1 aromatic carbocycles. The maximum absolute atomic E-state index is 14.1. The maximum Gasteiger partial charge on any atom is 0.241 e. The number of methoxy groups -OCH3 is 1. The van der Waals surface area contributed by atoms with Gasteiger partial charge in [0.1, 0.15) is 22.4 Å². The number of carbonyl (C=O) groups is 3. The van der Waals surface area contributed by atoms with Gasteiger partial charge in [0.2, 0.25) is 17.7 Å². The second kappa shape index (κ2) is 8.96. The van der Waals surface area contributed by atoms with Gasteiger partial charge in [-0.05, 0) is 43.4 Å². The molecule has 0 unspecified atom stereocenters. The van der Waals surface area contributed by atoms with Crippen molar-refractivity contribution in [2.24, 2.45) is 5.41 Å². The van der Waals surface area contributed by atoms with E-state index in [2.05, 4.69) is 4.98 Å². The van der Waals surface area contributed by atoms with Crippen LogP contribution in [0.2, 0.25) is 0 Å². The molecule has 182 valence electrons. The Morgan fingerprint density at radius 3 is 2.63 bits per heavy atom. The molecule has 2 aromatic heterocycles. The number of nitrogens with zero attached hydrogens (tertiary/aromatic N) is 3. The van der Waals surface area contributed by atoms with Crippen molar-refractivity contribution in [2.75, 3.05) is 31.6 Å². The first-order valence-corrected chi connectivity index (χ1v) is 12.5. The Kier molecular flexibility index (Phi) is 5.96. The van der Waals surface area contributed by atoms with Crippen LogP contribution in [0, 0.1) is 12.3 Å². The monoisotopic (exact) mass is 493 g/mol. The molecule has 1 fully saturated rings. The number of hydrogen-bond acceptors (Lipinski definition) is 7. The first-order chi connectivity index (χ1) is 16.9. The van der Waals surface area contributed by atoms with E-state index in [9.17, 15) is 14.4 Å². The third kappa shape index (κ3) is 3.74. The third-order valence-electron chi connectivity index (χ3n) is 7.18. The summed E-state index contributed by atoms with van der Waals surface area (Å²) in [6.45, 7) is 4.59. The number of rotatable bonds is 5. The number of anilines is 1. The minimum Gasteiger partial charge on any atom is -0.496 e. The number of para-hydroxylation sites is 1. The number of oxazole rings is 1. The van der Waals surface area contributed by atoms with E-state index in [4.69, 9.17) is 9.15 Å². The van der Waals surface area contributed by atoms with Crippen LogP contribution in [0.3, 0.4) is 0 Å². The van der Waals surface area contributed by atoms with Crippen LogP contribution in [0.5, 0.6) is 5.75 Å².